The monoisotopic (exact) mass is 242 g/mol. The van der Waals surface area contributed by atoms with Crippen molar-refractivity contribution in [3.8, 4) is 11.8 Å². The van der Waals surface area contributed by atoms with E-state index in [-0.39, 0.29) is 0 Å². The highest BCUT2D eigenvalue weighted by molar-refractivity contribution is 5.36. The van der Waals surface area contributed by atoms with Crippen molar-refractivity contribution in [1.29, 1.82) is 0 Å². The van der Waals surface area contributed by atoms with Gasteiger partial charge in [-0.05, 0) is 31.9 Å². The second-order valence-electron chi connectivity index (χ2n) is 5.12. The van der Waals surface area contributed by atoms with Crippen LogP contribution in [-0.4, -0.2) is 12.2 Å². The molecule has 0 aliphatic rings. The maximum absolute atomic E-state index is 5.90. The zero-order valence-electron chi connectivity index (χ0n) is 11.8. The van der Waals surface area contributed by atoms with Crippen molar-refractivity contribution < 1.29 is 4.74 Å². The van der Waals surface area contributed by atoms with Gasteiger partial charge in [0.15, 0.2) is 0 Å². The van der Waals surface area contributed by atoms with Gasteiger partial charge in [-0.15, -0.1) is 0 Å². The Bertz CT molecular complexity index is 447. The van der Waals surface area contributed by atoms with E-state index < -0.39 is 5.60 Å². The van der Waals surface area contributed by atoms with Gasteiger partial charge in [-0.2, -0.15) is 0 Å². The van der Waals surface area contributed by atoms with Gasteiger partial charge in [-0.1, -0.05) is 56.0 Å². The maximum atomic E-state index is 5.90. The summed E-state index contributed by atoms with van der Waals surface area (Å²) in [6, 6.07) is 9.99. The maximum Gasteiger partial charge on any atom is 0.128 e. The second-order valence-corrected chi connectivity index (χ2v) is 5.12. The van der Waals surface area contributed by atoms with Crippen LogP contribution < -0.4 is 0 Å². The smallest absolute Gasteiger partial charge is 0.128 e. The van der Waals surface area contributed by atoms with E-state index in [0.29, 0.717) is 12.5 Å². The SMILES string of the molecule is C=C(C)COC(C)(C#Cc1ccccc1)C(C)C. The lowest BCUT2D eigenvalue weighted by Crippen LogP contribution is -2.33. The standard InChI is InChI=1S/C17H22O/c1-14(2)13-18-17(5,15(3)4)12-11-16-9-7-6-8-10-16/h6-10,15H,1,13H2,2-5H3. The van der Waals surface area contributed by atoms with Gasteiger partial charge in [0.25, 0.3) is 0 Å². The molecule has 0 saturated carbocycles. The van der Waals surface area contributed by atoms with Gasteiger partial charge in [-0.3, -0.25) is 0 Å². The Labute approximate surface area is 111 Å². The minimum atomic E-state index is -0.436. The summed E-state index contributed by atoms with van der Waals surface area (Å²) >= 11 is 0. The molecule has 1 unspecified atom stereocenters. The fourth-order valence-electron chi connectivity index (χ4n) is 1.34. The lowest BCUT2D eigenvalue weighted by atomic mass is 9.92. The van der Waals surface area contributed by atoms with Gasteiger partial charge in [0.1, 0.15) is 5.60 Å². The first-order valence-corrected chi connectivity index (χ1v) is 6.30. The van der Waals surface area contributed by atoms with E-state index >= 15 is 0 Å². The van der Waals surface area contributed by atoms with Crippen LogP contribution in [0.4, 0.5) is 0 Å². The molecule has 0 spiro atoms. The average molecular weight is 242 g/mol. The number of benzene rings is 1. The van der Waals surface area contributed by atoms with Crippen molar-refractivity contribution in [2.45, 2.75) is 33.3 Å². The van der Waals surface area contributed by atoms with Crippen molar-refractivity contribution in [3.05, 3.63) is 48.0 Å². The summed E-state index contributed by atoms with van der Waals surface area (Å²) in [6.45, 7) is 12.7. The highest BCUT2D eigenvalue weighted by atomic mass is 16.5. The van der Waals surface area contributed by atoms with Crippen LogP contribution in [0.2, 0.25) is 0 Å². The van der Waals surface area contributed by atoms with E-state index in [1.807, 2.05) is 44.2 Å². The largest absolute Gasteiger partial charge is 0.358 e. The quantitative estimate of drug-likeness (QED) is 0.572. The Morgan fingerprint density at radius 3 is 2.44 bits per heavy atom. The molecule has 1 aromatic rings. The number of ether oxygens (including phenoxy) is 1. The summed E-state index contributed by atoms with van der Waals surface area (Å²) in [5.74, 6) is 6.77. The van der Waals surface area contributed by atoms with Crippen LogP contribution in [0.1, 0.15) is 33.3 Å². The Balaban J connectivity index is 2.86. The van der Waals surface area contributed by atoms with Crippen molar-refractivity contribution in [2.24, 2.45) is 5.92 Å². The summed E-state index contributed by atoms with van der Waals surface area (Å²) in [6.07, 6.45) is 0. The van der Waals surface area contributed by atoms with Crippen LogP contribution in [0.25, 0.3) is 0 Å². The molecule has 0 fully saturated rings. The zero-order valence-corrected chi connectivity index (χ0v) is 11.8. The summed E-state index contributed by atoms with van der Waals surface area (Å²) in [4.78, 5) is 0. The molecule has 0 aromatic heterocycles. The summed E-state index contributed by atoms with van der Waals surface area (Å²) in [5, 5.41) is 0. The lowest BCUT2D eigenvalue weighted by Gasteiger charge is -2.28. The van der Waals surface area contributed by atoms with E-state index in [2.05, 4.69) is 32.3 Å². The van der Waals surface area contributed by atoms with Gasteiger partial charge in [0.2, 0.25) is 0 Å². The molecule has 0 saturated heterocycles. The Kier molecular flexibility index (Phi) is 5.19. The molecule has 1 rings (SSSR count). The topological polar surface area (TPSA) is 9.23 Å². The Morgan fingerprint density at radius 1 is 1.33 bits per heavy atom. The Morgan fingerprint density at radius 2 is 1.94 bits per heavy atom. The first-order chi connectivity index (χ1) is 8.44. The number of hydrogen-bond donors (Lipinski definition) is 0. The van der Waals surface area contributed by atoms with Crippen LogP contribution in [0.15, 0.2) is 42.5 Å². The fraction of sp³-hybridized carbons (Fsp3) is 0.412. The van der Waals surface area contributed by atoms with Crippen LogP contribution in [0.5, 0.6) is 0 Å². The molecule has 0 bridgehead atoms. The van der Waals surface area contributed by atoms with Gasteiger partial charge in [0.05, 0.1) is 6.61 Å². The minimum Gasteiger partial charge on any atom is -0.358 e. The third-order valence-electron chi connectivity index (χ3n) is 2.95. The summed E-state index contributed by atoms with van der Waals surface area (Å²) in [7, 11) is 0. The van der Waals surface area contributed by atoms with Crippen molar-refractivity contribution in [3.63, 3.8) is 0 Å². The van der Waals surface area contributed by atoms with E-state index in [4.69, 9.17) is 4.74 Å². The van der Waals surface area contributed by atoms with E-state index in [9.17, 15) is 0 Å². The zero-order chi connectivity index (χ0) is 13.6. The molecule has 1 heteroatoms. The van der Waals surface area contributed by atoms with E-state index in [0.717, 1.165) is 11.1 Å². The van der Waals surface area contributed by atoms with Crippen LogP contribution in [0, 0.1) is 17.8 Å². The van der Waals surface area contributed by atoms with E-state index in [1.54, 1.807) is 0 Å². The predicted molar refractivity (Wildman–Crippen MR) is 77.3 cm³/mol. The van der Waals surface area contributed by atoms with Gasteiger partial charge in [-0.25, -0.2) is 0 Å². The normalized spacial score (nSPS) is 13.6. The third-order valence-corrected chi connectivity index (χ3v) is 2.95. The number of rotatable bonds is 4. The second kappa shape index (κ2) is 6.42. The van der Waals surface area contributed by atoms with Crippen molar-refractivity contribution in [1.82, 2.24) is 0 Å². The van der Waals surface area contributed by atoms with Crippen LogP contribution in [0.3, 0.4) is 0 Å². The predicted octanol–water partition coefficient (Wildman–Crippen LogP) is 4.05. The first kappa shape index (κ1) is 14.5. The number of hydrogen-bond acceptors (Lipinski definition) is 1. The molecule has 96 valence electrons. The highest BCUT2D eigenvalue weighted by Crippen LogP contribution is 2.21. The van der Waals surface area contributed by atoms with Crippen LogP contribution >= 0.6 is 0 Å². The molecule has 0 N–H and O–H groups in total. The first-order valence-electron chi connectivity index (χ1n) is 6.30. The minimum absolute atomic E-state index is 0.327. The van der Waals surface area contributed by atoms with Crippen LogP contribution in [-0.2, 0) is 4.74 Å². The molecule has 0 aliphatic heterocycles. The summed E-state index contributed by atoms with van der Waals surface area (Å²) in [5.41, 5.74) is 1.60. The molecular formula is C17H22O. The average Bonchev–Trinajstić information content (AvgIpc) is 2.35. The molecule has 0 heterocycles. The summed E-state index contributed by atoms with van der Waals surface area (Å²) < 4.78 is 5.90. The van der Waals surface area contributed by atoms with Gasteiger partial charge >= 0.3 is 0 Å². The molecular weight excluding hydrogens is 220 g/mol. The molecule has 1 nitrogen and oxygen atoms in total. The molecule has 18 heavy (non-hydrogen) atoms. The van der Waals surface area contributed by atoms with Gasteiger partial charge < -0.3 is 4.74 Å². The highest BCUT2D eigenvalue weighted by Gasteiger charge is 2.26. The molecule has 0 amide bonds. The molecule has 0 aliphatic carbocycles. The molecule has 1 aromatic carbocycles. The fourth-order valence-corrected chi connectivity index (χ4v) is 1.34. The van der Waals surface area contributed by atoms with Gasteiger partial charge in [0, 0.05) is 5.56 Å². The van der Waals surface area contributed by atoms with E-state index in [1.165, 1.54) is 0 Å². The molecule has 1 atom stereocenters. The third kappa shape index (κ3) is 4.39. The molecule has 0 radical (unpaired) electrons. The Hall–Kier alpha value is -1.52. The van der Waals surface area contributed by atoms with Crippen molar-refractivity contribution >= 4 is 0 Å². The lowest BCUT2D eigenvalue weighted by molar-refractivity contribution is -0.00683. The van der Waals surface area contributed by atoms with Crippen molar-refractivity contribution in [2.75, 3.05) is 6.61 Å².